The standard InChI is InChI=1S/C22H22ClN3O2S/c1-14-3-4-15(2)19(11-14)29-13-21(27)26(18-9-10-18)12-20-24-25-22(28-20)16-5-7-17(23)8-6-16/h3-8,11,18H,9-10,12-13H2,1-2H3. The summed E-state index contributed by atoms with van der Waals surface area (Å²) in [5.41, 5.74) is 3.20. The molecule has 1 aliphatic carbocycles. The van der Waals surface area contributed by atoms with E-state index in [9.17, 15) is 4.79 Å². The first kappa shape index (κ1) is 20.0. The molecule has 2 aromatic carbocycles. The minimum Gasteiger partial charge on any atom is -0.419 e. The van der Waals surface area contributed by atoms with Crippen LogP contribution in [0.25, 0.3) is 11.5 Å². The number of amides is 1. The molecule has 29 heavy (non-hydrogen) atoms. The smallest absolute Gasteiger partial charge is 0.247 e. The Morgan fingerprint density at radius 2 is 1.93 bits per heavy atom. The summed E-state index contributed by atoms with van der Waals surface area (Å²) < 4.78 is 5.80. The first-order valence-electron chi connectivity index (χ1n) is 9.57. The summed E-state index contributed by atoms with van der Waals surface area (Å²) in [5, 5.41) is 8.91. The molecule has 0 unspecified atom stereocenters. The summed E-state index contributed by atoms with van der Waals surface area (Å²) in [6.07, 6.45) is 2.05. The van der Waals surface area contributed by atoms with Crippen molar-refractivity contribution in [3.63, 3.8) is 0 Å². The number of hydrogen-bond donors (Lipinski definition) is 0. The monoisotopic (exact) mass is 427 g/mol. The Hall–Kier alpha value is -2.31. The lowest BCUT2D eigenvalue weighted by molar-refractivity contribution is -0.129. The zero-order valence-electron chi connectivity index (χ0n) is 16.4. The molecule has 5 nitrogen and oxygen atoms in total. The number of rotatable bonds is 7. The van der Waals surface area contributed by atoms with Crippen LogP contribution in [0.4, 0.5) is 0 Å². The highest BCUT2D eigenvalue weighted by molar-refractivity contribution is 8.00. The van der Waals surface area contributed by atoms with Crippen molar-refractivity contribution in [1.29, 1.82) is 0 Å². The summed E-state index contributed by atoms with van der Waals surface area (Å²) >= 11 is 7.52. The number of carbonyl (C=O) groups is 1. The van der Waals surface area contributed by atoms with Gasteiger partial charge in [0.2, 0.25) is 17.7 Å². The van der Waals surface area contributed by atoms with Gasteiger partial charge in [0.25, 0.3) is 0 Å². The summed E-state index contributed by atoms with van der Waals surface area (Å²) in [5.74, 6) is 1.39. The minimum absolute atomic E-state index is 0.102. The van der Waals surface area contributed by atoms with Crippen LogP contribution in [-0.2, 0) is 11.3 Å². The van der Waals surface area contributed by atoms with Crippen molar-refractivity contribution in [2.75, 3.05) is 5.75 Å². The molecule has 1 heterocycles. The first-order valence-corrected chi connectivity index (χ1v) is 10.9. The van der Waals surface area contributed by atoms with Gasteiger partial charge in [-0.1, -0.05) is 29.3 Å². The molecular weight excluding hydrogens is 406 g/mol. The van der Waals surface area contributed by atoms with Gasteiger partial charge in [0, 0.05) is 21.5 Å². The number of carbonyl (C=O) groups excluding carboxylic acids is 1. The Balaban J connectivity index is 1.42. The van der Waals surface area contributed by atoms with E-state index in [4.69, 9.17) is 16.0 Å². The van der Waals surface area contributed by atoms with Crippen molar-refractivity contribution in [3.05, 3.63) is 64.5 Å². The molecule has 4 rings (SSSR count). The molecule has 1 amide bonds. The van der Waals surface area contributed by atoms with E-state index in [1.165, 1.54) is 11.1 Å². The zero-order valence-corrected chi connectivity index (χ0v) is 18.0. The normalized spacial score (nSPS) is 13.5. The second-order valence-corrected chi connectivity index (χ2v) is 8.77. The zero-order chi connectivity index (χ0) is 20.4. The molecule has 7 heteroatoms. The van der Waals surface area contributed by atoms with Crippen LogP contribution in [0.3, 0.4) is 0 Å². The number of aromatic nitrogens is 2. The van der Waals surface area contributed by atoms with Gasteiger partial charge in [0.05, 0.1) is 12.3 Å². The molecule has 0 spiro atoms. The van der Waals surface area contributed by atoms with Gasteiger partial charge in [-0.25, -0.2) is 0 Å². The van der Waals surface area contributed by atoms with E-state index in [1.54, 1.807) is 23.9 Å². The summed E-state index contributed by atoms with van der Waals surface area (Å²) in [4.78, 5) is 15.9. The number of halogens is 1. The molecule has 0 radical (unpaired) electrons. The largest absolute Gasteiger partial charge is 0.419 e. The van der Waals surface area contributed by atoms with Gasteiger partial charge in [-0.15, -0.1) is 22.0 Å². The number of thioether (sulfide) groups is 1. The van der Waals surface area contributed by atoms with Gasteiger partial charge in [0.15, 0.2) is 0 Å². The molecule has 3 aromatic rings. The van der Waals surface area contributed by atoms with Crippen molar-refractivity contribution >= 4 is 29.3 Å². The number of benzene rings is 2. The Kier molecular flexibility index (Phi) is 5.92. The van der Waals surface area contributed by atoms with Crippen LogP contribution >= 0.6 is 23.4 Å². The van der Waals surface area contributed by atoms with E-state index in [-0.39, 0.29) is 11.9 Å². The van der Waals surface area contributed by atoms with Crippen LogP contribution in [-0.4, -0.2) is 32.8 Å². The average Bonchev–Trinajstić information content (AvgIpc) is 3.45. The highest BCUT2D eigenvalue weighted by Crippen LogP contribution is 2.31. The van der Waals surface area contributed by atoms with Gasteiger partial charge < -0.3 is 9.32 Å². The van der Waals surface area contributed by atoms with Gasteiger partial charge in [-0.05, 0) is 62.6 Å². The lowest BCUT2D eigenvalue weighted by Gasteiger charge is -2.20. The topological polar surface area (TPSA) is 59.2 Å². The predicted octanol–water partition coefficient (Wildman–Crippen LogP) is 5.29. The van der Waals surface area contributed by atoms with Crippen LogP contribution in [0.2, 0.25) is 5.02 Å². The van der Waals surface area contributed by atoms with Crippen molar-refractivity contribution in [3.8, 4) is 11.5 Å². The molecule has 1 aliphatic rings. The first-order chi connectivity index (χ1) is 14.0. The highest BCUT2D eigenvalue weighted by Gasteiger charge is 2.33. The lowest BCUT2D eigenvalue weighted by atomic mass is 10.2. The van der Waals surface area contributed by atoms with Crippen LogP contribution in [0.1, 0.15) is 29.9 Å². The van der Waals surface area contributed by atoms with Gasteiger partial charge in [-0.3, -0.25) is 4.79 Å². The quantitative estimate of drug-likeness (QED) is 0.479. The summed E-state index contributed by atoms with van der Waals surface area (Å²) in [6, 6.07) is 13.8. The predicted molar refractivity (Wildman–Crippen MR) is 115 cm³/mol. The Labute approximate surface area is 179 Å². The van der Waals surface area contributed by atoms with Gasteiger partial charge >= 0.3 is 0 Å². The highest BCUT2D eigenvalue weighted by atomic mass is 35.5. The molecular formula is C22H22ClN3O2S. The van der Waals surface area contributed by atoms with Crippen LogP contribution in [0.5, 0.6) is 0 Å². The number of aryl methyl sites for hydroxylation is 2. The summed E-state index contributed by atoms with van der Waals surface area (Å²) in [6.45, 7) is 4.48. The molecule has 150 valence electrons. The van der Waals surface area contributed by atoms with E-state index >= 15 is 0 Å². The van der Waals surface area contributed by atoms with Crippen LogP contribution in [0, 0.1) is 13.8 Å². The Morgan fingerprint density at radius 3 is 2.66 bits per heavy atom. The van der Waals surface area contributed by atoms with Crippen molar-refractivity contribution in [2.24, 2.45) is 0 Å². The average molecular weight is 428 g/mol. The maximum Gasteiger partial charge on any atom is 0.247 e. The van der Waals surface area contributed by atoms with Gasteiger partial charge in [-0.2, -0.15) is 0 Å². The molecule has 0 saturated heterocycles. The lowest BCUT2D eigenvalue weighted by Crippen LogP contribution is -2.34. The third-order valence-corrected chi connectivity index (χ3v) is 6.26. The SMILES string of the molecule is Cc1ccc(C)c(SCC(=O)N(Cc2nnc(-c3ccc(Cl)cc3)o2)C2CC2)c1. The third-order valence-electron chi connectivity index (χ3n) is 4.87. The Bertz CT molecular complexity index is 1020. The molecule has 0 aliphatic heterocycles. The van der Waals surface area contributed by atoms with Crippen LogP contribution < -0.4 is 0 Å². The number of nitrogens with zero attached hydrogens (tertiary/aromatic N) is 3. The fraction of sp³-hybridized carbons (Fsp3) is 0.318. The second-order valence-electron chi connectivity index (χ2n) is 7.32. The van der Waals surface area contributed by atoms with Crippen LogP contribution in [0.15, 0.2) is 51.8 Å². The van der Waals surface area contributed by atoms with Crippen molar-refractivity contribution in [2.45, 2.75) is 44.2 Å². The van der Waals surface area contributed by atoms with E-state index in [0.29, 0.717) is 29.1 Å². The minimum atomic E-state index is 0.102. The van der Waals surface area contributed by atoms with Gasteiger partial charge in [0.1, 0.15) is 0 Å². The molecule has 0 N–H and O–H groups in total. The van der Waals surface area contributed by atoms with E-state index in [1.807, 2.05) is 17.0 Å². The maximum absolute atomic E-state index is 12.9. The third kappa shape index (κ3) is 5.00. The maximum atomic E-state index is 12.9. The number of hydrogen-bond acceptors (Lipinski definition) is 5. The molecule has 1 fully saturated rings. The van der Waals surface area contributed by atoms with E-state index in [0.717, 1.165) is 23.3 Å². The van der Waals surface area contributed by atoms with E-state index < -0.39 is 0 Å². The molecule has 0 bridgehead atoms. The van der Waals surface area contributed by atoms with Crippen molar-refractivity contribution in [1.82, 2.24) is 15.1 Å². The molecule has 0 atom stereocenters. The van der Waals surface area contributed by atoms with Crippen molar-refractivity contribution < 1.29 is 9.21 Å². The fourth-order valence-electron chi connectivity index (χ4n) is 3.06. The second kappa shape index (κ2) is 8.59. The summed E-state index contributed by atoms with van der Waals surface area (Å²) in [7, 11) is 0. The van der Waals surface area contributed by atoms with E-state index in [2.05, 4.69) is 42.2 Å². The Morgan fingerprint density at radius 1 is 1.17 bits per heavy atom. The molecule has 1 aromatic heterocycles. The molecule has 1 saturated carbocycles. The fourth-order valence-corrected chi connectivity index (χ4v) is 4.20.